The lowest BCUT2D eigenvalue weighted by Gasteiger charge is -2.14. The van der Waals surface area contributed by atoms with Crippen molar-refractivity contribution in [1.29, 1.82) is 0 Å². The Kier molecular flexibility index (Phi) is 5.71. The first-order valence-corrected chi connectivity index (χ1v) is 8.67. The van der Waals surface area contributed by atoms with Crippen LogP contribution in [0.4, 0.5) is 10.5 Å². The smallest absolute Gasteiger partial charge is 0.325 e. The summed E-state index contributed by atoms with van der Waals surface area (Å²) in [6.07, 6.45) is 1.15. The van der Waals surface area contributed by atoms with Crippen LogP contribution in [0.5, 0.6) is 5.75 Å². The van der Waals surface area contributed by atoms with Crippen molar-refractivity contribution in [2.24, 2.45) is 0 Å². The molecule has 7 nitrogen and oxygen atoms in total. The molecule has 1 aliphatic heterocycles. The van der Waals surface area contributed by atoms with E-state index in [0.717, 1.165) is 10.5 Å². The first kappa shape index (κ1) is 18.4. The Morgan fingerprint density at radius 3 is 2.56 bits per heavy atom. The first-order chi connectivity index (χ1) is 13.1. The molecule has 2 aromatic rings. The number of urea groups is 1. The van der Waals surface area contributed by atoms with Gasteiger partial charge in [-0.2, -0.15) is 0 Å². The quantitative estimate of drug-likeness (QED) is 0.735. The van der Waals surface area contributed by atoms with Gasteiger partial charge in [-0.25, -0.2) is 4.79 Å². The Hall–Kier alpha value is -3.35. The number of benzene rings is 2. The molecule has 1 atom stereocenters. The molecular weight excluding hydrogens is 346 g/mol. The molecule has 0 aliphatic carbocycles. The monoisotopic (exact) mass is 367 g/mol. The van der Waals surface area contributed by atoms with E-state index in [1.165, 1.54) is 7.11 Å². The number of para-hydroxylation sites is 2. The summed E-state index contributed by atoms with van der Waals surface area (Å²) in [7, 11) is 1.50. The number of carbonyl (C=O) groups excluding carboxylic acids is 3. The third kappa shape index (κ3) is 4.44. The molecule has 0 saturated carbocycles. The molecule has 0 aromatic heterocycles. The second-order valence-electron chi connectivity index (χ2n) is 6.20. The van der Waals surface area contributed by atoms with Gasteiger partial charge < -0.3 is 15.4 Å². The Morgan fingerprint density at radius 2 is 1.81 bits per heavy atom. The fourth-order valence-electron chi connectivity index (χ4n) is 2.96. The molecule has 1 heterocycles. The van der Waals surface area contributed by atoms with Gasteiger partial charge in [-0.15, -0.1) is 0 Å². The summed E-state index contributed by atoms with van der Waals surface area (Å²) in [6.45, 7) is -0.343. The van der Waals surface area contributed by atoms with Crippen LogP contribution in [-0.4, -0.2) is 42.4 Å². The molecule has 1 saturated heterocycles. The summed E-state index contributed by atoms with van der Waals surface area (Å²) in [6, 6.07) is 15.5. The summed E-state index contributed by atoms with van der Waals surface area (Å²) < 4.78 is 5.17. The van der Waals surface area contributed by atoms with E-state index in [-0.39, 0.29) is 12.5 Å². The standard InChI is InChI=1S/C20H21N3O4/c1-27-17-10-6-5-9-15(17)21-18(24)13-23-19(25)16(22-20(23)26)12-11-14-7-3-2-4-8-14/h2-10,16H,11-13H2,1H3,(H,21,24)(H,22,26)/t16-/m0/s1. The van der Waals surface area contributed by atoms with Gasteiger partial charge in [0.15, 0.2) is 0 Å². The number of hydrogen-bond acceptors (Lipinski definition) is 4. The first-order valence-electron chi connectivity index (χ1n) is 8.67. The van der Waals surface area contributed by atoms with E-state index in [9.17, 15) is 14.4 Å². The molecule has 140 valence electrons. The average Bonchev–Trinajstić information content (AvgIpc) is 2.95. The predicted molar refractivity (Wildman–Crippen MR) is 100 cm³/mol. The fraction of sp³-hybridized carbons (Fsp3) is 0.250. The maximum absolute atomic E-state index is 12.5. The van der Waals surface area contributed by atoms with Crippen molar-refractivity contribution in [2.75, 3.05) is 19.0 Å². The molecule has 1 aliphatic rings. The van der Waals surface area contributed by atoms with Crippen LogP contribution in [0.15, 0.2) is 54.6 Å². The molecule has 4 amide bonds. The van der Waals surface area contributed by atoms with Crippen molar-refractivity contribution in [3.63, 3.8) is 0 Å². The molecular formula is C20H21N3O4. The average molecular weight is 367 g/mol. The van der Waals surface area contributed by atoms with Gasteiger partial charge in [0.05, 0.1) is 12.8 Å². The molecule has 2 aromatic carbocycles. The summed E-state index contributed by atoms with van der Waals surface area (Å²) in [5.74, 6) is -0.346. The Labute approximate surface area is 157 Å². The lowest BCUT2D eigenvalue weighted by Crippen LogP contribution is -2.38. The van der Waals surface area contributed by atoms with Crippen LogP contribution in [0.2, 0.25) is 0 Å². The largest absolute Gasteiger partial charge is 0.495 e. The van der Waals surface area contributed by atoms with Crippen LogP contribution in [0.3, 0.4) is 0 Å². The zero-order chi connectivity index (χ0) is 19.2. The van der Waals surface area contributed by atoms with Crippen molar-refractivity contribution in [2.45, 2.75) is 18.9 Å². The number of carbonyl (C=O) groups is 3. The molecule has 0 bridgehead atoms. The van der Waals surface area contributed by atoms with Gasteiger partial charge in [-0.1, -0.05) is 42.5 Å². The number of anilines is 1. The van der Waals surface area contributed by atoms with E-state index >= 15 is 0 Å². The van der Waals surface area contributed by atoms with Crippen LogP contribution in [0.1, 0.15) is 12.0 Å². The van der Waals surface area contributed by atoms with Gasteiger partial charge in [0.2, 0.25) is 5.91 Å². The Bertz CT molecular complexity index is 838. The number of methoxy groups -OCH3 is 1. The van der Waals surface area contributed by atoms with E-state index in [2.05, 4.69) is 10.6 Å². The third-order valence-electron chi connectivity index (χ3n) is 4.35. The molecule has 7 heteroatoms. The second kappa shape index (κ2) is 8.35. The van der Waals surface area contributed by atoms with Crippen LogP contribution < -0.4 is 15.4 Å². The Balaban J connectivity index is 1.57. The summed E-state index contributed by atoms with van der Waals surface area (Å²) >= 11 is 0. The van der Waals surface area contributed by atoms with E-state index in [1.54, 1.807) is 24.3 Å². The lowest BCUT2D eigenvalue weighted by molar-refractivity contribution is -0.130. The predicted octanol–water partition coefficient (Wildman–Crippen LogP) is 2.19. The number of ether oxygens (including phenoxy) is 1. The number of imide groups is 1. The van der Waals surface area contributed by atoms with E-state index < -0.39 is 18.0 Å². The van der Waals surface area contributed by atoms with Gasteiger partial charge in [0.25, 0.3) is 5.91 Å². The second-order valence-corrected chi connectivity index (χ2v) is 6.20. The van der Waals surface area contributed by atoms with Crippen LogP contribution in [0, 0.1) is 0 Å². The van der Waals surface area contributed by atoms with Crippen molar-refractivity contribution >= 4 is 23.5 Å². The number of hydrogen-bond donors (Lipinski definition) is 2. The molecule has 0 spiro atoms. The number of nitrogens with one attached hydrogen (secondary N) is 2. The Morgan fingerprint density at radius 1 is 1.11 bits per heavy atom. The van der Waals surface area contributed by atoms with Gasteiger partial charge in [-0.05, 0) is 30.5 Å². The SMILES string of the molecule is COc1ccccc1NC(=O)CN1C(=O)N[C@@H](CCc2ccccc2)C1=O. The maximum atomic E-state index is 12.5. The molecule has 0 radical (unpaired) electrons. The van der Waals surface area contributed by atoms with E-state index in [4.69, 9.17) is 4.74 Å². The number of nitrogens with zero attached hydrogens (tertiary/aromatic N) is 1. The van der Waals surface area contributed by atoms with Crippen molar-refractivity contribution in [3.8, 4) is 5.75 Å². The zero-order valence-corrected chi connectivity index (χ0v) is 15.0. The number of amides is 4. The summed E-state index contributed by atoms with van der Waals surface area (Å²) in [5, 5.41) is 5.31. The molecule has 0 unspecified atom stereocenters. The van der Waals surface area contributed by atoms with Crippen molar-refractivity contribution < 1.29 is 19.1 Å². The third-order valence-corrected chi connectivity index (χ3v) is 4.35. The summed E-state index contributed by atoms with van der Waals surface area (Å²) in [5.41, 5.74) is 1.57. The highest BCUT2D eigenvalue weighted by Crippen LogP contribution is 2.23. The maximum Gasteiger partial charge on any atom is 0.325 e. The topological polar surface area (TPSA) is 87.7 Å². The number of rotatable bonds is 7. The zero-order valence-electron chi connectivity index (χ0n) is 15.0. The summed E-state index contributed by atoms with van der Waals surface area (Å²) in [4.78, 5) is 37.8. The molecule has 3 rings (SSSR count). The van der Waals surface area contributed by atoms with E-state index in [1.807, 2.05) is 30.3 Å². The normalized spacial score (nSPS) is 16.2. The van der Waals surface area contributed by atoms with E-state index in [0.29, 0.717) is 24.3 Å². The minimum absolute atomic E-state index is 0.343. The molecule has 2 N–H and O–H groups in total. The number of aryl methyl sites for hydroxylation is 1. The highest BCUT2D eigenvalue weighted by atomic mass is 16.5. The van der Waals surface area contributed by atoms with Crippen LogP contribution in [0.25, 0.3) is 0 Å². The van der Waals surface area contributed by atoms with Crippen LogP contribution in [-0.2, 0) is 16.0 Å². The van der Waals surface area contributed by atoms with Crippen LogP contribution >= 0.6 is 0 Å². The van der Waals surface area contributed by atoms with Gasteiger partial charge in [-0.3, -0.25) is 14.5 Å². The van der Waals surface area contributed by atoms with Gasteiger partial charge in [0, 0.05) is 0 Å². The molecule has 27 heavy (non-hydrogen) atoms. The van der Waals surface area contributed by atoms with Crippen molar-refractivity contribution in [1.82, 2.24) is 10.2 Å². The fourth-order valence-corrected chi connectivity index (χ4v) is 2.96. The highest BCUT2D eigenvalue weighted by molar-refractivity contribution is 6.08. The lowest BCUT2D eigenvalue weighted by atomic mass is 10.1. The highest BCUT2D eigenvalue weighted by Gasteiger charge is 2.38. The van der Waals surface area contributed by atoms with Gasteiger partial charge in [0.1, 0.15) is 18.3 Å². The minimum Gasteiger partial charge on any atom is -0.495 e. The van der Waals surface area contributed by atoms with Gasteiger partial charge >= 0.3 is 6.03 Å². The van der Waals surface area contributed by atoms with Crippen molar-refractivity contribution in [3.05, 3.63) is 60.2 Å². The minimum atomic E-state index is -0.614. The molecule has 1 fully saturated rings.